The number of hydrogen-bond donors (Lipinski definition) is 1. The summed E-state index contributed by atoms with van der Waals surface area (Å²) in [6.07, 6.45) is -4.52. The van der Waals surface area contributed by atoms with Crippen molar-refractivity contribution < 1.29 is 26.7 Å². The Labute approximate surface area is 182 Å². The van der Waals surface area contributed by atoms with Crippen LogP contribution in [0.2, 0.25) is 0 Å². The van der Waals surface area contributed by atoms with Crippen LogP contribution in [0.3, 0.4) is 0 Å². The highest BCUT2D eigenvalue weighted by Crippen LogP contribution is 2.30. The quantitative estimate of drug-likeness (QED) is 0.467. The van der Waals surface area contributed by atoms with E-state index in [-0.39, 0.29) is 17.0 Å². The van der Waals surface area contributed by atoms with E-state index in [4.69, 9.17) is 0 Å². The van der Waals surface area contributed by atoms with E-state index < -0.39 is 47.2 Å². The van der Waals surface area contributed by atoms with Crippen molar-refractivity contribution >= 4 is 17.2 Å². The molecule has 2 heterocycles. The maximum absolute atomic E-state index is 13.8. The van der Waals surface area contributed by atoms with E-state index in [1.807, 2.05) is 0 Å². The average molecular weight is 463 g/mol. The maximum atomic E-state index is 13.8. The Kier molecular flexibility index (Phi) is 5.44. The Balaban J connectivity index is 1.70. The number of carbonyl (C=O) groups is 1. The fraction of sp³-hybridized carbons (Fsp3) is 0.143. The first-order valence-electron chi connectivity index (χ1n) is 9.42. The number of rotatable bonds is 4. The van der Waals surface area contributed by atoms with Crippen LogP contribution in [0, 0.1) is 18.6 Å². The van der Waals surface area contributed by atoms with E-state index in [2.05, 4.69) is 15.4 Å². The van der Waals surface area contributed by atoms with Crippen molar-refractivity contribution in [2.75, 3.05) is 5.32 Å². The second kappa shape index (κ2) is 8.11. The lowest BCUT2D eigenvalue weighted by Crippen LogP contribution is -2.29. The largest absolute Gasteiger partial charge is 0.416 e. The number of alkyl halides is 3. The SMILES string of the molecule is Cc1cc2nn(CC(=O)Nc3cc(F)ccc3F)c(=O)n2c(-c2ccc(C(F)(F)F)cc2)n1. The summed E-state index contributed by atoms with van der Waals surface area (Å²) in [7, 11) is 0. The van der Waals surface area contributed by atoms with Crippen LogP contribution in [0.4, 0.5) is 27.6 Å². The first kappa shape index (κ1) is 22.1. The molecule has 0 unspecified atom stereocenters. The molecule has 0 aliphatic rings. The van der Waals surface area contributed by atoms with Gasteiger partial charge in [0.1, 0.15) is 24.0 Å². The molecular weight excluding hydrogens is 449 g/mol. The fourth-order valence-electron chi connectivity index (χ4n) is 3.18. The van der Waals surface area contributed by atoms with Gasteiger partial charge in [0.25, 0.3) is 0 Å². The number of aryl methyl sites for hydroxylation is 1. The van der Waals surface area contributed by atoms with E-state index in [1.54, 1.807) is 6.92 Å². The zero-order valence-corrected chi connectivity index (χ0v) is 16.8. The zero-order chi connectivity index (χ0) is 23.9. The van der Waals surface area contributed by atoms with E-state index in [0.717, 1.165) is 39.4 Å². The summed E-state index contributed by atoms with van der Waals surface area (Å²) in [6.45, 7) is 0.985. The predicted octanol–water partition coefficient (Wildman–Crippen LogP) is 3.80. The van der Waals surface area contributed by atoms with Gasteiger partial charge in [-0.3, -0.25) is 4.79 Å². The standard InChI is InChI=1S/C21H14F5N5O2/c1-11-8-17-29-30(10-18(32)28-16-9-14(22)6-7-15(16)23)20(33)31(17)19(27-11)12-2-4-13(5-3-12)21(24,25)26/h2-9H,10H2,1H3,(H,28,32). The maximum Gasteiger partial charge on any atom is 0.416 e. The van der Waals surface area contributed by atoms with Crippen LogP contribution in [0.15, 0.2) is 53.3 Å². The number of benzene rings is 2. The molecule has 0 aliphatic heterocycles. The third-order valence-corrected chi connectivity index (χ3v) is 4.66. The lowest BCUT2D eigenvalue weighted by Gasteiger charge is -2.08. The molecule has 0 aliphatic carbocycles. The van der Waals surface area contributed by atoms with Gasteiger partial charge in [-0.15, -0.1) is 5.10 Å². The van der Waals surface area contributed by atoms with Crippen LogP contribution in [-0.2, 0) is 17.5 Å². The van der Waals surface area contributed by atoms with Crippen molar-refractivity contribution in [2.24, 2.45) is 0 Å². The smallest absolute Gasteiger partial charge is 0.322 e. The van der Waals surface area contributed by atoms with Crippen molar-refractivity contribution in [3.8, 4) is 11.4 Å². The number of fused-ring (bicyclic) bond motifs is 1. The van der Waals surface area contributed by atoms with Gasteiger partial charge in [-0.25, -0.2) is 27.6 Å². The van der Waals surface area contributed by atoms with Gasteiger partial charge in [-0.1, -0.05) is 12.1 Å². The first-order valence-corrected chi connectivity index (χ1v) is 9.42. The topological polar surface area (TPSA) is 81.3 Å². The molecule has 0 fully saturated rings. The Hall–Kier alpha value is -4.09. The number of hydrogen-bond acceptors (Lipinski definition) is 4. The summed E-state index contributed by atoms with van der Waals surface area (Å²) >= 11 is 0. The highest BCUT2D eigenvalue weighted by Gasteiger charge is 2.30. The van der Waals surface area contributed by atoms with Crippen molar-refractivity contribution in [3.05, 3.63) is 81.9 Å². The molecule has 2 aromatic heterocycles. The van der Waals surface area contributed by atoms with Crippen molar-refractivity contribution in [1.29, 1.82) is 0 Å². The summed E-state index contributed by atoms with van der Waals surface area (Å²) in [4.78, 5) is 29.4. The normalized spacial score (nSPS) is 11.7. The van der Waals surface area contributed by atoms with Crippen molar-refractivity contribution in [2.45, 2.75) is 19.6 Å². The number of anilines is 1. The molecule has 4 aromatic rings. The van der Waals surface area contributed by atoms with Gasteiger partial charge in [-0.2, -0.15) is 13.2 Å². The van der Waals surface area contributed by atoms with E-state index in [9.17, 15) is 31.5 Å². The summed E-state index contributed by atoms with van der Waals surface area (Å²) < 4.78 is 67.5. The Morgan fingerprint density at radius 3 is 2.42 bits per heavy atom. The van der Waals surface area contributed by atoms with Crippen LogP contribution in [-0.4, -0.2) is 25.1 Å². The van der Waals surface area contributed by atoms with Gasteiger partial charge in [0.05, 0.1) is 11.3 Å². The highest BCUT2D eigenvalue weighted by molar-refractivity contribution is 5.90. The lowest BCUT2D eigenvalue weighted by atomic mass is 10.1. The van der Waals surface area contributed by atoms with Crippen LogP contribution in [0.5, 0.6) is 0 Å². The fourth-order valence-corrected chi connectivity index (χ4v) is 3.18. The molecule has 12 heteroatoms. The second-order valence-electron chi connectivity index (χ2n) is 7.10. The van der Waals surface area contributed by atoms with Gasteiger partial charge in [-0.05, 0) is 31.2 Å². The van der Waals surface area contributed by atoms with E-state index in [1.165, 1.54) is 18.2 Å². The van der Waals surface area contributed by atoms with Crippen LogP contribution in [0.1, 0.15) is 11.3 Å². The second-order valence-corrected chi connectivity index (χ2v) is 7.10. The number of carbonyl (C=O) groups excluding carboxylic acids is 1. The van der Waals surface area contributed by atoms with Crippen LogP contribution >= 0.6 is 0 Å². The summed E-state index contributed by atoms with van der Waals surface area (Å²) in [6, 6.07) is 8.04. The summed E-state index contributed by atoms with van der Waals surface area (Å²) in [5.74, 6) is -2.44. The van der Waals surface area contributed by atoms with Gasteiger partial charge < -0.3 is 5.32 Å². The molecule has 2 aromatic carbocycles. The van der Waals surface area contributed by atoms with E-state index in [0.29, 0.717) is 5.69 Å². The molecule has 4 rings (SSSR count). The first-order chi connectivity index (χ1) is 15.5. The van der Waals surface area contributed by atoms with Gasteiger partial charge in [0.15, 0.2) is 5.65 Å². The molecule has 170 valence electrons. The molecule has 0 bridgehead atoms. The summed E-state index contributed by atoms with van der Waals surface area (Å²) in [5.41, 5.74) is -1.29. The van der Waals surface area contributed by atoms with Crippen molar-refractivity contribution in [1.82, 2.24) is 19.2 Å². The Morgan fingerprint density at radius 2 is 1.76 bits per heavy atom. The minimum Gasteiger partial charge on any atom is -0.322 e. The predicted molar refractivity (Wildman–Crippen MR) is 107 cm³/mol. The Bertz CT molecular complexity index is 1420. The number of nitrogens with one attached hydrogen (secondary N) is 1. The molecule has 0 spiro atoms. The van der Waals surface area contributed by atoms with Gasteiger partial charge in [0, 0.05) is 23.4 Å². The zero-order valence-electron chi connectivity index (χ0n) is 16.8. The number of nitrogens with zero attached hydrogens (tertiary/aromatic N) is 4. The van der Waals surface area contributed by atoms with Gasteiger partial charge >= 0.3 is 11.9 Å². The summed E-state index contributed by atoms with van der Waals surface area (Å²) in [5, 5.41) is 6.22. The minimum absolute atomic E-state index is 0.0338. The van der Waals surface area contributed by atoms with Crippen LogP contribution in [0.25, 0.3) is 17.0 Å². The molecular formula is C21H14F5N5O2. The lowest BCUT2D eigenvalue weighted by molar-refractivity contribution is -0.137. The molecule has 0 saturated heterocycles. The highest BCUT2D eigenvalue weighted by atomic mass is 19.4. The number of amides is 1. The number of aromatic nitrogens is 4. The molecule has 0 atom stereocenters. The van der Waals surface area contributed by atoms with Crippen molar-refractivity contribution in [3.63, 3.8) is 0 Å². The average Bonchev–Trinajstić information content (AvgIpc) is 3.04. The molecule has 1 N–H and O–H groups in total. The minimum atomic E-state index is -4.52. The number of halogens is 5. The third-order valence-electron chi connectivity index (χ3n) is 4.66. The molecule has 1 amide bonds. The third kappa shape index (κ3) is 4.45. The molecule has 0 saturated carbocycles. The Morgan fingerprint density at radius 1 is 1.06 bits per heavy atom. The van der Waals surface area contributed by atoms with Crippen LogP contribution < -0.4 is 11.0 Å². The molecule has 33 heavy (non-hydrogen) atoms. The van der Waals surface area contributed by atoms with Gasteiger partial charge in [0.2, 0.25) is 5.91 Å². The monoisotopic (exact) mass is 463 g/mol. The molecule has 0 radical (unpaired) electrons. The molecule has 7 nitrogen and oxygen atoms in total. The van der Waals surface area contributed by atoms with E-state index >= 15 is 0 Å².